The molecule has 0 saturated carbocycles. The molecule has 0 aliphatic carbocycles. The van der Waals surface area contributed by atoms with Crippen molar-refractivity contribution in [3.63, 3.8) is 0 Å². The molecule has 90 valence electrons. The molecule has 0 fully saturated rings. The van der Waals surface area contributed by atoms with Crippen LogP contribution in [-0.4, -0.2) is 14.5 Å². The van der Waals surface area contributed by atoms with Gasteiger partial charge < -0.3 is 16.0 Å². The number of nitrogens with two attached hydrogens (primary N) is 2. The zero-order valence-electron chi connectivity index (χ0n) is 9.96. The van der Waals surface area contributed by atoms with Gasteiger partial charge in [-0.1, -0.05) is 30.3 Å². The number of pyridine rings is 1. The van der Waals surface area contributed by atoms with E-state index in [0.29, 0.717) is 17.3 Å². The summed E-state index contributed by atoms with van der Waals surface area (Å²) in [4.78, 5) is 8.47. The molecule has 0 atom stereocenters. The van der Waals surface area contributed by atoms with Gasteiger partial charge in [0.15, 0.2) is 5.65 Å². The molecule has 3 aromatic rings. The number of fused-ring (bicyclic) bond motifs is 1. The van der Waals surface area contributed by atoms with Crippen LogP contribution in [0.1, 0.15) is 0 Å². The Morgan fingerprint density at radius 1 is 1.11 bits per heavy atom. The van der Waals surface area contributed by atoms with Gasteiger partial charge in [-0.25, -0.2) is 4.98 Å². The van der Waals surface area contributed by atoms with Crippen molar-refractivity contribution >= 4 is 22.8 Å². The van der Waals surface area contributed by atoms with E-state index < -0.39 is 0 Å². The molecule has 4 N–H and O–H groups in total. The molecular formula is C13H13N5. The van der Waals surface area contributed by atoms with E-state index in [1.165, 1.54) is 0 Å². The van der Waals surface area contributed by atoms with Crippen LogP contribution >= 0.6 is 0 Å². The van der Waals surface area contributed by atoms with Crippen LogP contribution in [0.15, 0.2) is 36.5 Å². The molecule has 2 heterocycles. The second-order valence-corrected chi connectivity index (χ2v) is 4.15. The minimum Gasteiger partial charge on any atom is -0.396 e. The quantitative estimate of drug-likeness (QED) is 0.678. The first kappa shape index (κ1) is 10.6. The van der Waals surface area contributed by atoms with Crippen molar-refractivity contribution in [3.8, 4) is 11.1 Å². The second kappa shape index (κ2) is 3.73. The van der Waals surface area contributed by atoms with Crippen molar-refractivity contribution in [2.45, 2.75) is 0 Å². The average molecular weight is 239 g/mol. The highest BCUT2D eigenvalue weighted by Crippen LogP contribution is 2.31. The van der Waals surface area contributed by atoms with E-state index in [9.17, 15) is 0 Å². The van der Waals surface area contributed by atoms with Crippen molar-refractivity contribution in [1.29, 1.82) is 0 Å². The second-order valence-electron chi connectivity index (χ2n) is 4.15. The van der Waals surface area contributed by atoms with E-state index in [1.807, 2.05) is 37.4 Å². The largest absolute Gasteiger partial charge is 0.396 e. The summed E-state index contributed by atoms with van der Waals surface area (Å²) < 4.78 is 1.75. The van der Waals surface area contributed by atoms with Gasteiger partial charge >= 0.3 is 0 Å². The number of hydrogen-bond donors (Lipinski definition) is 2. The first-order valence-corrected chi connectivity index (χ1v) is 5.60. The van der Waals surface area contributed by atoms with Crippen molar-refractivity contribution in [1.82, 2.24) is 14.5 Å². The molecule has 3 rings (SSSR count). The van der Waals surface area contributed by atoms with Gasteiger partial charge in [-0.15, -0.1) is 0 Å². The number of aryl methyl sites for hydroxylation is 1. The number of rotatable bonds is 1. The third-order valence-electron chi connectivity index (χ3n) is 3.06. The van der Waals surface area contributed by atoms with Gasteiger partial charge in [-0.2, -0.15) is 4.98 Å². The molecule has 0 aliphatic rings. The normalized spacial score (nSPS) is 10.9. The van der Waals surface area contributed by atoms with E-state index in [4.69, 9.17) is 11.5 Å². The lowest BCUT2D eigenvalue weighted by Gasteiger charge is -2.07. The zero-order valence-corrected chi connectivity index (χ0v) is 9.96. The van der Waals surface area contributed by atoms with Gasteiger partial charge in [0.25, 0.3) is 0 Å². The maximum atomic E-state index is 6.21. The van der Waals surface area contributed by atoms with Crippen molar-refractivity contribution < 1.29 is 0 Å². The number of imidazole rings is 1. The van der Waals surface area contributed by atoms with Crippen LogP contribution < -0.4 is 11.5 Å². The summed E-state index contributed by atoms with van der Waals surface area (Å²) in [6, 6.07) is 9.90. The molecule has 1 aromatic carbocycles. The number of anilines is 2. The summed E-state index contributed by atoms with van der Waals surface area (Å²) in [5.74, 6) is 0.411. The van der Waals surface area contributed by atoms with Crippen LogP contribution in [0.5, 0.6) is 0 Å². The molecule has 5 heteroatoms. The van der Waals surface area contributed by atoms with Crippen LogP contribution in [-0.2, 0) is 7.05 Å². The monoisotopic (exact) mass is 239 g/mol. The Morgan fingerprint density at radius 2 is 1.83 bits per heavy atom. The number of nitrogens with zero attached hydrogens (tertiary/aromatic N) is 3. The van der Waals surface area contributed by atoms with Gasteiger partial charge in [0, 0.05) is 18.8 Å². The van der Waals surface area contributed by atoms with E-state index in [2.05, 4.69) is 9.97 Å². The Labute approximate surface area is 104 Å². The number of benzene rings is 1. The summed E-state index contributed by atoms with van der Waals surface area (Å²) in [5, 5.41) is 0. The summed E-state index contributed by atoms with van der Waals surface area (Å²) >= 11 is 0. The minimum atomic E-state index is 0.411. The van der Waals surface area contributed by atoms with Gasteiger partial charge in [0.2, 0.25) is 5.95 Å². The number of nitrogen functional groups attached to an aromatic ring is 2. The molecule has 0 bridgehead atoms. The topological polar surface area (TPSA) is 82.8 Å². The molecule has 2 aromatic heterocycles. The first-order valence-electron chi connectivity index (χ1n) is 5.60. The van der Waals surface area contributed by atoms with Gasteiger partial charge in [0.1, 0.15) is 5.52 Å². The van der Waals surface area contributed by atoms with Crippen molar-refractivity contribution in [2.24, 2.45) is 7.05 Å². The lowest BCUT2D eigenvalue weighted by molar-refractivity contribution is 0.966. The van der Waals surface area contributed by atoms with Crippen LogP contribution in [0.2, 0.25) is 0 Å². The fourth-order valence-corrected chi connectivity index (χ4v) is 2.06. The smallest absolute Gasteiger partial charge is 0.202 e. The molecule has 0 spiro atoms. The molecular weight excluding hydrogens is 226 g/mol. The van der Waals surface area contributed by atoms with E-state index in [0.717, 1.165) is 16.6 Å². The molecule has 18 heavy (non-hydrogen) atoms. The minimum absolute atomic E-state index is 0.411. The highest BCUT2D eigenvalue weighted by molar-refractivity contribution is 5.95. The van der Waals surface area contributed by atoms with Crippen LogP contribution in [0.4, 0.5) is 11.6 Å². The number of aromatic nitrogens is 3. The lowest BCUT2D eigenvalue weighted by Crippen LogP contribution is -2.00. The van der Waals surface area contributed by atoms with Crippen LogP contribution in [0.25, 0.3) is 22.3 Å². The predicted molar refractivity (Wildman–Crippen MR) is 72.8 cm³/mol. The fourth-order valence-electron chi connectivity index (χ4n) is 2.06. The van der Waals surface area contributed by atoms with E-state index >= 15 is 0 Å². The molecule has 0 radical (unpaired) electrons. The summed E-state index contributed by atoms with van der Waals surface area (Å²) in [5.41, 5.74) is 15.9. The van der Waals surface area contributed by atoms with E-state index in [1.54, 1.807) is 10.8 Å². The zero-order chi connectivity index (χ0) is 12.7. The van der Waals surface area contributed by atoms with Gasteiger partial charge in [-0.05, 0) is 5.56 Å². The maximum Gasteiger partial charge on any atom is 0.202 e. The molecule has 0 unspecified atom stereocenters. The Bertz CT molecular complexity index is 715. The Kier molecular flexibility index (Phi) is 2.19. The standard InChI is InChI=1S/C13H13N5/c1-18-11-10(14)9(8-5-3-2-4-6-8)7-16-12(11)17-13(18)15/h2-7H,1H3,(H4,14,15,16,17). The predicted octanol–water partition coefficient (Wildman–Crippen LogP) is 1.80. The Balaban J connectivity index is 2.33. The summed E-state index contributed by atoms with van der Waals surface area (Å²) in [7, 11) is 1.83. The van der Waals surface area contributed by atoms with Crippen molar-refractivity contribution in [3.05, 3.63) is 36.5 Å². The van der Waals surface area contributed by atoms with Gasteiger partial charge in [0.05, 0.1) is 5.69 Å². The molecule has 0 amide bonds. The van der Waals surface area contributed by atoms with Crippen LogP contribution in [0.3, 0.4) is 0 Å². The van der Waals surface area contributed by atoms with Gasteiger partial charge in [-0.3, -0.25) is 0 Å². The summed E-state index contributed by atoms with van der Waals surface area (Å²) in [6.45, 7) is 0. The molecule has 5 nitrogen and oxygen atoms in total. The van der Waals surface area contributed by atoms with Crippen LogP contribution in [0, 0.1) is 0 Å². The third kappa shape index (κ3) is 1.41. The third-order valence-corrected chi connectivity index (χ3v) is 3.06. The fraction of sp³-hybridized carbons (Fsp3) is 0.0769. The SMILES string of the molecule is Cn1c(N)nc2ncc(-c3ccccc3)c(N)c21. The average Bonchev–Trinajstić information content (AvgIpc) is 2.67. The highest BCUT2D eigenvalue weighted by Gasteiger charge is 2.13. The molecule has 0 aliphatic heterocycles. The maximum absolute atomic E-state index is 6.21. The first-order chi connectivity index (χ1) is 8.68. The Morgan fingerprint density at radius 3 is 2.56 bits per heavy atom. The molecule has 0 saturated heterocycles. The van der Waals surface area contributed by atoms with Crippen molar-refractivity contribution in [2.75, 3.05) is 11.5 Å². The lowest BCUT2D eigenvalue weighted by atomic mass is 10.1. The Hall–Kier alpha value is -2.56. The van der Waals surface area contributed by atoms with E-state index in [-0.39, 0.29) is 0 Å². The highest BCUT2D eigenvalue weighted by atomic mass is 15.2. The summed E-state index contributed by atoms with van der Waals surface area (Å²) in [6.07, 6.45) is 1.74. The number of hydrogen-bond acceptors (Lipinski definition) is 4.